The van der Waals surface area contributed by atoms with Gasteiger partial charge in [-0.05, 0) is 156 Å². The molecule has 0 aliphatic rings. The lowest BCUT2D eigenvalue weighted by Gasteiger charge is -2.15. The fourth-order valence-corrected chi connectivity index (χ4v) is 8.86. The van der Waals surface area contributed by atoms with Crippen LogP contribution in [0.4, 0.5) is 37.7 Å². The van der Waals surface area contributed by atoms with Crippen molar-refractivity contribution in [2.45, 2.75) is 53.1 Å². The number of nitrogen functional groups attached to an aromatic ring is 1. The number of carbonyl (C=O) groups excluding carboxylic acids is 4. The average molecular weight is 1350 g/mol. The highest BCUT2D eigenvalue weighted by molar-refractivity contribution is 14.1. The summed E-state index contributed by atoms with van der Waals surface area (Å²) in [5.41, 5.74) is 7.19. The third kappa shape index (κ3) is 15.3. The molecule has 0 saturated heterocycles. The van der Waals surface area contributed by atoms with Crippen molar-refractivity contribution in [3.8, 4) is 11.6 Å². The number of nitrogens with two attached hydrogens (primary N) is 1. The predicted molar refractivity (Wildman–Crippen MR) is 287 cm³/mol. The Morgan fingerprint density at radius 1 is 0.649 bits per heavy atom. The molecule has 0 atom stereocenters. The zero-order chi connectivity index (χ0) is 56.5. The van der Waals surface area contributed by atoms with Gasteiger partial charge < -0.3 is 21.7 Å². The third-order valence-electron chi connectivity index (χ3n) is 10.2. The second-order valence-electron chi connectivity index (χ2n) is 15.9. The first kappa shape index (κ1) is 59.5. The van der Waals surface area contributed by atoms with Gasteiger partial charge in [0, 0.05) is 38.3 Å². The summed E-state index contributed by atoms with van der Waals surface area (Å²) in [5, 5.41) is 29.4. The van der Waals surface area contributed by atoms with Crippen LogP contribution in [0.2, 0.25) is 10.0 Å². The Morgan fingerprint density at radius 3 is 1.53 bits per heavy atom. The monoisotopic (exact) mass is 1350 g/mol. The fourth-order valence-electron chi connectivity index (χ4n) is 6.77. The molecule has 20 nitrogen and oxygen atoms in total. The van der Waals surface area contributed by atoms with Crippen LogP contribution in [0.25, 0.3) is 11.6 Å². The number of carbonyl (C=O) groups is 4. The van der Waals surface area contributed by atoms with Crippen molar-refractivity contribution in [2.75, 3.05) is 24.1 Å². The Labute approximate surface area is 474 Å². The lowest BCUT2D eigenvalue weighted by molar-refractivity contribution is -0.142. The van der Waals surface area contributed by atoms with Crippen molar-refractivity contribution in [3.05, 3.63) is 159 Å². The Balaban J connectivity index is 0.000000210. The van der Waals surface area contributed by atoms with E-state index in [-0.39, 0.29) is 74.9 Å². The van der Waals surface area contributed by atoms with Crippen molar-refractivity contribution < 1.29 is 45.5 Å². The molecule has 0 spiro atoms. The summed E-state index contributed by atoms with van der Waals surface area (Å²) in [4.78, 5) is 57.6. The van der Waals surface area contributed by atoms with Gasteiger partial charge in [0.05, 0.1) is 63.7 Å². The number of benzene rings is 2. The average Bonchev–Trinajstić information content (AvgIpc) is 4.20. The molecule has 8 aromatic rings. The number of alkyl halides is 6. The Morgan fingerprint density at radius 2 is 1.09 bits per heavy atom. The van der Waals surface area contributed by atoms with Crippen molar-refractivity contribution in [3.63, 3.8) is 0 Å². The molecular weight excluding hydrogens is 1310 g/mol. The van der Waals surface area contributed by atoms with Crippen LogP contribution in [0.1, 0.15) is 89.4 Å². The molecule has 0 fully saturated rings. The number of rotatable bonds is 13. The van der Waals surface area contributed by atoms with Gasteiger partial charge in [-0.15, -0.1) is 10.2 Å². The van der Waals surface area contributed by atoms with E-state index in [1.807, 2.05) is 19.9 Å². The lowest BCUT2D eigenvalue weighted by Crippen LogP contribution is -2.26. The number of pyridine rings is 2. The van der Waals surface area contributed by atoms with Crippen LogP contribution in [0.3, 0.4) is 0 Å². The van der Waals surface area contributed by atoms with Crippen LogP contribution in [0.15, 0.2) is 85.5 Å². The van der Waals surface area contributed by atoms with Crippen LogP contribution in [-0.2, 0) is 25.4 Å². The number of amides is 3. The highest BCUT2D eigenvalue weighted by Gasteiger charge is 2.36. The van der Waals surface area contributed by atoms with E-state index in [1.54, 1.807) is 56.3 Å². The molecule has 5 N–H and O–H groups in total. The van der Waals surface area contributed by atoms with E-state index in [9.17, 15) is 45.5 Å². The molecule has 0 bridgehead atoms. The topological polar surface area (TPSA) is 253 Å². The zero-order valence-electron chi connectivity index (χ0n) is 40.1. The summed E-state index contributed by atoms with van der Waals surface area (Å²) >= 11 is 22.1. The maximum absolute atomic E-state index is 13.5. The van der Waals surface area contributed by atoms with Crippen LogP contribution >= 0.6 is 80.0 Å². The maximum Gasteiger partial charge on any atom is 0.436 e. The summed E-state index contributed by atoms with van der Waals surface area (Å²) in [6.07, 6.45) is -4.89. The molecule has 0 unspecified atom stereocenters. The summed E-state index contributed by atoms with van der Waals surface area (Å²) in [6, 6.07) is 16.2. The molecule has 6 aromatic heterocycles. The van der Waals surface area contributed by atoms with Gasteiger partial charge in [0.25, 0.3) is 23.0 Å². The van der Waals surface area contributed by atoms with E-state index < -0.39 is 34.9 Å². The largest absolute Gasteiger partial charge is 0.436 e. The molecule has 6 heterocycles. The fraction of sp³-hybridized carbons (Fsp3) is 0.217. The van der Waals surface area contributed by atoms with E-state index >= 15 is 0 Å². The van der Waals surface area contributed by atoms with E-state index in [0.29, 0.717) is 35.6 Å². The molecule has 404 valence electrons. The van der Waals surface area contributed by atoms with Gasteiger partial charge in [0.1, 0.15) is 11.4 Å². The smallest absolute Gasteiger partial charge is 0.398 e. The molecule has 0 radical (unpaired) electrons. The minimum absolute atomic E-state index is 0.0171. The molecule has 0 aliphatic heterocycles. The van der Waals surface area contributed by atoms with Gasteiger partial charge >= 0.3 is 12.4 Å². The quantitative estimate of drug-likeness (QED) is 0.0364. The number of anilines is 2. The second kappa shape index (κ2) is 25.6. The van der Waals surface area contributed by atoms with Gasteiger partial charge in [-0.3, -0.25) is 19.2 Å². The lowest BCUT2D eigenvalue weighted by atomic mass is 10.1. The summed E-state index contributed by atoms with van der Waals surface area (Å²) in [7, 11) is 0. The van der Waals surface area contributed by atoms with Gasteiger partial charge in [0.2, 0.25) is 0 Å². The van der Waals surface area contributed by atoms with Gasteiger partial charge in [-0.1, -0.05) is 33.6 Å². The van der Waals surface area contributed by atoms with E-state index in [2.05, 4.69) is 102 Å². The third-order valence-corrected chi connectivity index (χ3v) is 12.2. The number of aromatic nitrogens is 12. The molecule has 77 heavy (non-hydrogen) atoms. The molecule has 0 saturated carbocycles. The van der Waals surface area contributed by atoms with Gasteiger partial charge in [0.15, 0.2) is 23.0 Å². The first-order chi connectivity index (χ1) is 36.3. The molecule has 2 aromatic carbocycles. The normalized spacial score (nSPS) is 11.3. The number of halogens is 11. The highest BCUT2D eigenvalue weighted by Crippen LogP contribution is 2.30. The van der Waals surface area contributed by atoms with Gasteiger partial charge in [-0.2, -0.15) is 36.5 Å². The highest BCUT2D eigenvalue weighted by atomic mass is 127. The van der Waals surface area contributed by atoms with Crippen LogP contribution in [0, 0.1) is 21.0 Å². The maximum atomic E-state index is 13.5. The van der Waals surface area contributed by atoms with E-state index in [4.69, 9.17) is 40.5 Å². The minimum Gasteiger partial charge on any atom is -0.398 e. The van der Waals surface area contributed by atoms with Crippen LogP contribution in [-0.4, -0.2) is 95.6 Å². The molecule has 8 rings (SSSR count). The van der Waals surface area contributed by atoms with E-state index in [1.165, 1.54) is 29.2 Å². The predicted octanol–water partition coefficient (Wildman–Crippen LogP) is 9.38. The van der Waals surface area contributed by atoms with E-state index in [0.717, 1.165) is 39.1 Å². The summed E-state index contributed by atoms with van der Waals surface area (Å²) < 4.78 is 82.5. The van der Waals surface area contributed by atoms with Crippen molar-refractivity contribution in [1.82, 2.24) is 70.2 Å². The summed E-state index contributed by atoms with van der Waals surface area (Å²) in [5.74, 6) is -0.822. The molecule has 31 heteroatoms. The standard InChI is InChI=1S/C23H19ClF3IN8O2.C13H7Cl2F3N6O.C10H13IN2O/c1-3-29-21(37)15-8-13(28)7-12(2)19(15)31-22(38)17-9-14(10-35-11-18(32-34-35)23(25,26)27)33-36(17)20-16(24)5-4-6-30-20;14-8-2-1-3-19-12(8)24-9(11(15)25)4-7(21-24)5-23-6-10(20-22-23)13(16,17)18;1-3-13-10(14)8-5-7(11)4-6(2)9(8)12/h4-9,11H,3,10H2,1-2H3,(H,29,37)(H,31,38);1-4,6H,5H2;4-5H,3,12H2,1-2H3,(H,13,14). The molecule has 3 amide bonds. The summed E-state index contributed by atoms with van der Waals surface area (Å²) in [6.45, 7) is 7.95. The van der Waals surface area contributed by atoms with Crippen LogP contribution in [0.5, 0.6) is 0 Å². The number of hydrogen-bond acceptors (Lipinski definition) is 13. The molecular formula is C46H39Cl3F6I2N16O4. The van der Waals surface area contributed by atoms with Gasteiger partial charge in [-0.25, -0.2) is 28.7 Å². The number of nitrogens with one attached hydrogen (secondary N) is 3. The number of aryl methyl sites for hydroxylation is 2. The minimum atomic E-state index is -4.66. The second-order valence-corrected chi connectivity index (χ2v) is 19.5. The van der Waals surface area contributed by atoms with Crippen molar-refractivity contribution in [1.29, 1.82) is 0 Å². The number of nitrogens with zero attached hydrogens (tertiary/aromatic N) is 12. The first-order valence-corrected chi connectivity index (χ1v) is 25.4. The molecule has 0 aliphatic carbocycles. The van der Waals surface area contributed by atoms with Crippen LogP contribution < -0.4 is 21.7 Å². The Hall–Kier alpha value is -6.77. The van der Waals surface area contributed by atoms with Crippen molar-refractivity contribution in [2.24, 2.45) is 0 Å². The SMILES string of the molecule is CCNC(=O)c1cc(I)cc(C)c1N.CCNC(=O)c1cc(I)cc(C)c1NC(=O)c1cc(Cn2cc(C(F)(F)F)nn2)nn1-c1ncccc1Cl.O=C(Cl)c1cc(Cn2cc(C(F)(F)F)nn2)nn1-c1ncccc1Cl. The Bertz CT molecular complexity index is 3480. The Kier molecular flexibility index (Phi) is 19.8. The number of hydrogen-bond donors (Lipinski definition) is 4. The first-order valence-electron chi connectivity index (χ1n) is 22.1. The zero-order valence-corrected chi connectivity index (χ0v) is 46.7. The van der Waals surface area contributed by atoms with Crippen molar-refractivity contribution >= 4 is 114 Å².